The fraction of sp³-hybridized carbons (Fsp3) is 0.200. The predicted octanol–water partition coefficient (Wildman–Crippen LogP) is 7.08. The van der Waals surface area contributed by atoms with E-state index in [1.54, 1.807) is 0 Å². The van der Waals surface area contributed by atoms with Crippen molar-refractivity contribution in [2.45, 2.75) is 36.3 Å². The maximum absolute atomic E-state index is 13.4. The van der Waals surface area contributed by atoms with E-state index < -0.39 is 11.1 Å². The molecule has 0 aliphatic heterocycles. The number of anilines is 2. The normalized spacial score (nSPS) is 11.6. The van der Waals surface area contributed by atoms with E-state index in [1.807, 2.05) is 61.5 Å². The molecule has 4 nitrogen and oxygen atoms in total. The standard InChI is InChI=1S/C25H24ClFN2O2S/c1-2-3-9-23(30)28-18-10-13-20(14-11-18)32-24(17-7-5-4-6-8-17)25(31)29-19-12-15-22(27)21(26)16-19/h4-8,10-16,24H,2-3,9H2,1H3,(H,28,30)(H,29,31). The van der Waals surface area contributed by atoms with Gasteiger partial charge in [-0.25, -0.2) is 4.39 Å². The zero-order valence-corrected chi connectivity index (χ0v) is 19.2. The molecular weight excluding hydrogens is 447 g/mol. The van der Waals surface area contributed by atoms with Crippen molar-refractivity contribution in [2.75, 3.05) is 10.6 Å². The number of carbonyl (C=O) groups excluding carboxylic acids is 2. The fourth-order valence-corrected chi connectivity index (χ4v) is 4.20. The van der Waals surface area contributed by atoms with Gasteiger partial charge in [-0.3, -0.25) is 9.59 Å². The van der Waals surface area contributed by atoms with E-state index in [1.165, 1.54) is 30.0 Å². The van der Waals surface area contributed by atoms with E-state index in [-0.39, 0.29) is 16.8 Å². The molecule has 0 bridgehead atoms. The van der Waals surface area contributed by atoms with Crippen molar-refractivity contribution in [1.82, 2.24) is 0 Å². The molecule has 32 heavy (non-hydrogen) atoms. The molecule has 2 amide bonds. The number of halogens is 2. The summed E-state index contributed by atoms with van der Waals surface area (Å²) in [4.78, 5) is 25.9. The monoisotopic (exact) mass is 470 g/mol. The number of rotatable bonds is 9. The Morgan fingerprint density at radius 1 is 0.969 bits per heavy atom. The van der Waals surface area contributed by atoms with Gasteiger partial charge in [0.15, 0.2) is 0 Å². The summed E-state index contributed by atoms with van der Waals surface area (Å²) in [6.45, 7) is 2.04. The van der Waals surface area contributed by atoms with Crippen LogP contribution in [0.5, 0.6) is 0 Å². The number of unbranched alkanes of at least 4 members (excludes halogenated alkanes) is 1. The fourth-order valence-electron chi connectivity index (χ4n) is 3.00. The molecule has 3 aromatic carbocycles. The van der Waals surface area contributed by atoms with Crippen molar-refractivity contribution in [3.8, 4) is 0 Å². The summed E-state index contributed by atoms with van der Waals surface area (Å²) < 4.78 is 13.4. The minimum atomic E-state index is -0.541. The van der Waals surface area contributed by atoms with Gasteiger partial charge >= 0.3 is 0 Å². The first-order valence-electron chi connectivity index (χ1n) is 10.3. The Labute approximate surface area is 196 Å². The van der Waals surface area contributed by atoms with Crippen LogP contribution in [0.2, 0.25) is 5.02 Å². The summed E-state index contributed by atoms with van der Waals surface area (Å²) in [5, 5.41) is 5.11. The second-order valence-electron chi connectivity index (χ2n) is 7.20. The van der Waals surface area contributed by atoms with E-state index in [2.05, 4.69) is 10.6 Å². The van der Waals surface area contributed by atoms with Crippen LogP contribution >= 0.6 is 23.4 Å². The summed E-state index contributed by atoms with van der Waals surface area (Å²) >= 11 is 7.23. The van der Waals surface area contributed by atoms with E-state index in [0.717, 1.165) is 29.0 Å². The lowest BCUT2D eigenvalue weighted by Gasteiger charge is -2.17. The Balaban J connectivity index is 1.74. The van der Waals surface area contributed by atoms with Crippen LogP contribution in [0.15, 0.2) is 77.7 Å². The molecule has 0 fully saturated rings. The highest BCUT2D eigenvalue weighted by molar-refractivity contribution is 8.00. The molecule has 0 aliphatic carbocycles. The third kappa shape index (κ3) is 6.84. The Bertz CT molecular complexity index is 1060. The number of benzene rings is 3. The molecule has 0 saturated carbocycles. The van der Waals surface area contributed by atoms with E-state index >= 15 is 0 Å². The van der Waals surface area contributed by atoms with Gasteiger partial charge in [-0.1, -0.05) is 55.3 Å². The summed E-state index contributed by atoms with van der Waals surface area (Å²) in [7, 11) is 0. The quantitative estimate of drug-likeness (QED) is 0.328. The van der Waals surface area contributed by atoms with Gasteiger partial charge in [0.25, 0.3) is 0 Å². The Hall–Kier alpha value is -2.83. The predicted molar refractivity (Wildman–Crippen MR) is 130 cm³/mol. The van der Waals surface area contributed by atoms with Crippen LogP contribution in [0.25, 0.3) is 0 Å². The van der Waals surface area contributed by atoms with Crippen molar-refractivity contribution in [2.24, 2.45) is 0 Å². The molecule has 3 aromatic rings. The van der Waals surface area contributed by atoms with Crippen LogP contribution in [0.4, 0.5) is 15.8 Å². The number of nitrogens with one attached hydrogen (secondary N) is 2. The number of hydrogen-bond donors (Lipinski definition) is 2. The second-order valence-corrected chi connectivity index (χ2v) is 8.79. The highest BCUT2D eigenvalue weighted by Crippen LogP contribution is 2.37. The lowest BCUT2D eigenvalue weighted by molar-refractivity contribution is -0.116. The highest BCUT2D eigenvalue weighted by atomic mass is 35.5. The molecule has 3 rings (SSSR count). The first-order valence-corrected chi connectivity index (χ1v) is 11.6. The molecule has 0 radical (unpaired) electrons. The van der Waals surface area contributed by atoms with E-state index in [9.17, 15) is 14.0 Å². The Morgan fingerprint density at radius 3 is 2.31 bits per heavy atom. The molecule has 1 atom stereocenters. The van der Waals surface area contributed by atoms with Gasteiger partial charge in [0, 0.05) is 22.7 Å². The summed E-state index contributed by atoms with van der Waals surface area (Å²) in [6.07, 6.45) is 2.32. The third-order valence-corrected chi connectivity index (χ3v) is 6.23. The zero-order chi connectivity index (χ0) is 22.9. The Morgan fingerprint density at radius 2 is 1.66 bits per heavy atom. The molecular formula is C25H24ClFN2O2S. The third-order valence-electron chi connectivity index (χ3n) is 4.68. The lowest BCUT2D eigenvalue weighted by Crippen LogP contribution is -2.19. The van der Waals surface area contributed by atoms with Crippen molar-refractivity contribution in [3.05, 3.63) is 89.2 Å². The Kier molecular flexibility index (Phi) is 8.71. The minimum absolute atomic E-state index is 0.00764. The van der Waals surface area contributed by atoms with Gasteiger partial charge in [0.2, 0.25) is 11.8 Å². The lowest BCUT2D eigenvalue weighted by atomic mass is 10.1. The van der Waals surface area contributed by atoms with Gasteiger partial charge in [-0.15, -0.1) is 11.8 Å². The summed E-state index contributed by atoms with van der Waals surface area (Å²) in [6, 6.07) is 20.9. The van der Waals surface area contributed by atoms with Gasteiger partial charge in [0.1, 0.15) is 11.1 Å². The maximum atomic E-state index is 13.4. The zero-order valence-electron chi connectivity index (χ0n) is 17.6. The molecule has 7 heteroatoms. The smallest absolute Gasteiger partial charge is 0.242 e. The van der Waals surface area contributed by atoms with Gasteiger partial charge in [0.05, 0.1) is 5.02 Å². The summed E-state index contributed by atoms with van der Waals surface area (Å²) in [5.41, 5.74) is 1.98. The largest absolute Gasteiger partial charge is 0.326 e. The number of thioether (sulfide) groups is 1. The average Bonchev–Trinajstić information content (AvgIpc) is 2.80. The molecule has 0 spiro atoms. The van der Waals surface area contributed by atoms with Crippen LogP contribution in [0, 0.1) is 5.82 Å². The van der Waals surface area contributed by atoms with E-state index in [0.29, 0.717) is 12.1 Å². The van der Waals surface area contributed by atoms with Crippen molar-refractivity contribution in [1.29, 1.82) is 0 Å². The van der Waals surface area contributed by atoms with Crippen LogP contribution in [-0.4, -0.2) is 11.8 Å². The molecule has 0 aliphatic rings. The number of carbonyl (C=O) groups is 2. The highest BCUT2D eigenvalue weighted by Gasteiger charge is 2.22. The van der Waals surface area contributed by atoms with Crippen LogP contribution in [0.3, 0.4) is 0 Å². The molecule has 166 valence electrons. The number of hydrogen-bond acceptors (Lipinski definition) is 3. The van der Waals surface area contributed by atoms with Gasteiger partial charge < -0.3 is 10.6 Å². The number of amides is 2. The van der Waals surface area contributed by atoms with Crippen molar-refractivity contribution < 1.29 is 14.0 Å². The first kappa shape index (κ1) is 23.8. The molecule has 0 saturated heterocycles. The van der Waals surface area contributed by atoms with Gasteiger partial charge in [-0.05, 0) is 54.4 Å². The van der Waals surface area contributed by atoms with Crippen LogP contribution in [-0.2, 0) is 9.59 Å². The van der Waals surface area contributed by atoms with E-state index in [4.69, 9.17) is 11.6 Å². The minimum Gasteiger partial charge on any atom is -0.326 e. The maximum Gasteiger partial charge on any atom is 0.242 e. The van der Waals surface area contributed by atoms with Crippen LogP contribution in [0.1, 0.15) is 37.0 Å². The van der Waals surface area contributed by atoms with Gasteiger partial charge in [-0.2, -0.15) is 0 Å². The molecule has 1 unspecified atom stereocenters. The molecule has 2 N–H and O–H groups in total. The van der Waals surface area contributed by atoms with Crippen molar-refractivity contribution in [3.63, 3.8) is 0 Å². The molecule has 0 heterocycles. The van der Waals surface area contributed by atoms with Crippen molar-refractivity contribution >= 4 is 46.6 Å². The molecule has 0 aromatic heterocycles. The average molecular weight is 471 g/mol. The first-order chi connectivity index (χ1) is 15.5. The second kappa shape index (κ2) is 11.7. The SMILES string of the molecule is CCCCC(=O)Nc1ccc(SC(C(=O)Nc2ccc(F)c(Cl)c2)c2ccccc2)cc1. The van der Waals surface area contributed by atoms with Crippen LogP contribution < -0.4 is 10.6 Å². The summed E-state index contributed by atoms with van der Waals surface area (Å²) in [5.74, 6) is -0.798. The topological polar surface area (TPSA) is 58.2 Å².